The van der Waals surface area contributed by atoms with Crippen LogP contribution in [0.3, 0.4) is 0 Å². The molecule has 2 heterocycles. The molecule has 7 nitrogen and oxygen atoms in total. The lowest BCUT2D eigenvalue weighted by molar-refractivity contribution is -0.151. The monoisotopic (exact) mass is 464 g/mol. The van der Waals surface area contributed by atoms with Crippen molar-refractivity contribution in [1.82, 2.24) is 0 Å². The van der Waals surface area contributed by atoms with Gasteiger partial charge in [0.2, 0.25) is 0 Å². The Bertz CT molecular complexity index is 1390. The first kappa shape index (κ1) is 21.3. The molecule has 8 heteroatoms. The Labute approximate surface area is 194 Å². The normalized spacial score (nSPS) is 22.0. The van der Waals surface area contributed by atoms with Crippen molar-refractivity contribution in [1.29, 1.82) is 0 Å². The van der Waals surface area contributed by atoms with E-state index < -0.39 is 17.9 Å². The molecule has 168 valence electrons. The Morgan fingerprint density at radius 1 is 1.15 bits per heavy atom. The lowest BCUT2D eigenvalue weighted by Crippen LogP contribution is -2.40. The van der Waals surface area contributed by atoms with Gasteiger partial charge in [0, 0.05) is 16.3 Å². The number of halogens is 1. The van der Waals surface area contributed by atoms with E-state index >= 15 is 0 Å². The van der Waals surface area contributed by atoms with Crippen molar-refractivity contribution in [3.8, 4) is 0 Å². The van der Waals surface area contributed by atoms with Gasteiger partial charge in [-0.3, -0.25) is 14.4 Å². The highest BCUT2D eigenvalue weighted by atomic mass is 35.5. The number of ketones is 1. The van der Waals surface area contributed by atoms with Gasteiger partial charge in [0.15, 0.2) is 11.2 Å². The number of anilines is 2. The highest BCUT2D eigenvalue weighted by Crippen LogP contribution is 2.43. The number of rotatable bonds is 2. The van der Waals surface area contributed by atoms with E-state index in [2.05, 4.69) is 10.6 Å². The summed E-state index contributed by atoms with van der Waals surface area (Å²) in [7, 11) is 1.27. The zero-order chi connectivity index (χ0) is 23.3. The van der Waals surface area contributed by atoms with Gasteiger partial charge >= 0.3 is 5.97 Å². The summed E-state index contributed by atoms with van der Waals surface area (Å²) in [6, 6.07) is 11.5. The second-order valence-electron chi connectivity index (χ2n) is 8.35. The first-order chi connectivity index (χ1) is 15.9. The molecule has 0 unspecified atom stereocenters. The molecule has 0 saturated carbocycles. The summed E-state index contributed by atoms with van der Waals surface area (Å²) >= 11 is 6.12. The van der Waals surface area contributed by atoms with Gasteiger partial charge in [0.05, 0.1) is 35.5 Å². The first-order valence-corrected chi connectivity index (χ1v) is 11.0. The standard InChI is InChI=1S/C25H21ClN2O5/c1-12-9-18-21(24(30)20(12)25(31)32-2)22(28-17-6-4-3-5-16(17)27-18)15-11-33-19-8-7-13(26)10-14(19)23(15)29/h3-8,10-12,20,22,27-28H,9H2,1-2H3/t12-,20-,22-/m1/s1. The number of hydrogen-bond donors (Lipinski definition) is 2. The molecule has 2 aromatic carbocycles. The molecular formula is C25H21ClN2O5. The number of methoxy groups -OCH3 is 1. The molecular weight excluding hydrogens is 444 g/mol. The number of benzene rings is 2. The van der Waals surface area contributed by atoms with Crippen molar-refractivity contribution in [2.24, 2.45) is 11.8 Å². The number of esters is 1. The second-order valence-corrected chi connectivity index (χ2v) is 8.78. The lowest BCUT2D eigenvalue weighted by Gasteiger charge is -2.32. The van der Waals surface area contributed by atoms with E-state index in [1.165, 1.54) is 13.4 Å². The number of carbonyl (C=O) groups excluding carboxylic acids is 2. The van der Waals surface area contributed by atoms with Crippen LogP contribution in [0.25, 0.3) is 11.0 Å². The minimum absolute atomic E-state index is 0.252. The van der Waals surface area contributed by atoms with Gasteiger partial charge in [0.1, 0.15) is 17.8 Å². The van der Waals surface area contributed by atoms with Crippen LogP contribution >= 0.6 is 11.6 Å². The highest BCUT2D eigenvalue weighted by molar-refractivity contribution is 6.31. The molecule has 5 rings (SSSR count). The molecule has 2 aliphatic rings. The van der Waals surface area contributed by atoms with Crippen LogP contribution < -0.4 is 16.1 Å². The van der Waals surface area contributed by atoms with Gasteiger partial charge in [-0.2, -0.15) is 0 Å². The summed E-state index contributed by atoms with van der Waals surface area (Å²) in [6.07, 6.45) is 1.81. The van der Waals surface area contributed by atoms with Gasteiger partial charge in [-0.15, -0.1) is 0 Å². The molecule has 0 fully saturated rings. The minimum Gasteiger partial charge on any atom is -0.468 e. The van der Waals surface area contributed by atoms with Crippen molar-refractivity contribution in [3.05, 3.63) is 80.8 Å². The molecule has 1 aromatic heterocycles. The van der Waals surface area contributed by atoms with Crippen LogP contribution in [0.15, 0.2) is 69.2 Å². The van der Waals surface area contributed by atoms with Gasteiger partial charge in [-0.25, -0.2) is 0 Å². The summed E-state index contributed by atoms with van der Waals surface area (Å²) in [5, 5.41) is 7.41. The average Bonchev–Trinajstić information content (AvgIpc) is 2.96. The van der Waals surface area contributed by atoms with Crippen LogP contribution in [-0.4, -0.2) is 18.9 Å². The van der Waals surface area contributed by atoms with Crippen LogP contribution in [0.4, 0.5) is 11.4 Å². The third-order valence-electron chi connectivity index (χ3n) is 6.30. The number of Topliss-reactive ketones (excluding diaryl/α,β-unsaturated/α-hetero) is 1. The SMILES string of the molecule is COC(=O)[C@H]1C(=O)C2=C(C[C@H]1C)Nc1ccccc1N[C@@H]2c1coc2ccc(Cl)cc2c1=O. The maximum atomic E-state index is 13.7. The molecule has 1 aliphatic carbocycles. The molecule has 33 heavy (non-hydrogen) atoms. The van der Waals surface area contributed by atoms with Gasteiger partial charge in [-0.05, 0) is 42.7 Å². The molecule has 2 N–H and O–H groups in total. The van der Waals surface area contributed by atoms with Gasteiger partial charge < -0.3 is 19.8 Å². The Balaban J connectivity index is 1.74. The third-order valence-corrected chi connectivity index (χ3v) is 6.53. The topological polar surface area (TPSA) is 97.6 Å². The number of hydrogen-bond acceptors (Lipinski definition) is 7. The Morgan fingerprint density at radius 2 is 1.91 bits per heavy atom. The van der Waals surface area contributed by atoms with Crippen LogP contribution in [-0.2, 0) is 14.3 Å². The molecule has 0 amide bonds. The van der Waals surface area contributed by atoms with Crippen LogP contribution in [0.1, 0.15) is 24.9 Å². The third kappa shape index (κ3) is 3.49. The minimum atomic E-state index is -0.956. The van der Waals surface area contributed by atoms with Crippen molar-refractivity contribution in [2.45, 2.75) is 19.4 Å². The maximum absolute atomic E-state index is 13.7. The number of fused-ring (bicyclic) bond motifs is 2. The summed E-state index contributed by atoms with van der Waals surface area (Å²) in [4.78, 5) is 39.7. The van der Waals surface area contributed by atoms with Crippen molar-refractivity contribution in [3.63, 3.8) is 0 Å². The maximum Gasteiger partial charge on any atom is 0.316 e. The molecule has 0 radical (unpaired) electrons. The van der Waals surface area contributed by atoms with Crippen molar-refractivity contribution < 1.29 is 18.7 Å². The fourth-order valence-corrected chi connectivity index (χ4v) is 4.86. The number of ether oxygens (including phenoxy) is 1. The van der Waals surface area contributed by atoms with E-state index in [-0.39, 0.29) is 22.7 Å². The van der Waals surface area contributed by atoms with E-state index in [1.807, 2.05) is 31.2 Å². The number of carbonyl (C=O) groups is 2. The Kier molecular flexibility index (Phi) is 5.21. The van der Waals surface area contributed by atoms with Gasteiger partial charge in [0.25, 0.3) is 0 Å². The average molecular weight is 465 g/mol. The number of nitrogens with one attached hydrogen (secondary N) is 2. The largest absolute Gasteiger partial charge is 0.468 e. The van der Waals surface area contributed by atoms with Gasteiger partial charge in [-0.1, -0.05) is 30.7 Å². The lowest BCUT2D eigenvalue weighted by atomic mass is 9.75. The van der Waals surface area contributed by atoms with Crippen molar-refractivity contribution >= 4 is 45.7 Å². The molecule has 3 atom stereocenters. The molecule has 0 bridgehead atoms. The number of para-hydroxylation sites is 2. The fraction of sp³-hybridized carbons (Fsp3) is 0.240. The van der Waals surface area contributed by atoms with Crippen LogP contribution in [0.5, 0.6) is 0 Å². The molecule has 0 saturated heterocycles. The summed E-state index contributed by atoms with van der Waals surface area (Å²) in [5.74, 6) is -2.19. The molecule has 0 spiro atoms. The van der Waals surface area contributed by atoms with Crippen LogP contribution in [0.2, 0.25) is 5.02 Å². The Morgan fingerprint density at radius 3 is 2.67 bits per heavy atom. The fourth-order valence-electron chi connectivity index (χ4n) is 4.68. The zero-order valence-electron chi connectivity index (χ0n) is 18.0. The summed E-state index contributed by atoms with van der Waals surface area (Å²) < 4.78 is 10.7. The smallest absolute Gasteiger partial charge is 0.316 e. The van der Waals surface area contributed by atoms with E-state index in [4.69, 9.17) is 20.8 Å². The predicted octanol–water partition coefficient (Wildman–Crippen LogP) is 4.68. The predicted molar refractivity (Wildman–Crippen MR) is 125 cm³/mol. The quantitative estimate of drug-likeness (QED) is 0.420. The van der Waals surface area contributed by atoms with E-state index in [0.717, 1.165) is 11.4 Å². The molecule has 3 aromatic rings. The molecule has 1 aliphatic heterocycles. The van der Waals surface area contributed by atoms with Crippen molar-refractivity contribution in [2.75, 3.05) is 17.7 Å². The zero-order valence-corrected chi connectivity index (χ0v) is 18.7. The Hall–Kier alpha value is -3.58. The number of allylic oxidation sites excluding steroid dienone is 1. The highest BCUT2D eigenvalue weighted by Gasteiger charge is 2.45. The first-order valence-electron chi connectivity index (χ1n) is 10.6. The second kappa shape index (κ2) is 8.08. The summed E-state index contributed by atoms with van der Waals surface area (Å²) in [6.45, 7) is 1.84. The van der Waals surface area contributed by atoms with E-state index in [1.54, 1.807) is 18.2 Å². The van der Waals surface area contributed by atoms with E-state index in [9.17, 15) is 14.4 Å². The van der Waals surface area contributed by atoms with E-state index in [0.29, 0.717) is 33.7 Å². The van der Waals surface area contributed by atoms with Crippen LogP contribution in [0, 0.1) is 11.8 Å². The summed E-state index contributed by atoms with van der Waals surface area (Å²) in [5.41, 5.74) is 2.83.